The molecular weight excluding hydrogens is 294 g/mol. The summed E-state index contributed by atoms with van der Waals surface area (Å²) in [6.07, 6.45) is 0. The number of rotatable bonds is 4. The lowest BCUT2D eigenvalue weighted by molar-refractivity contribution is 0.262. The zero-order valence-corrected chi connectivity index (χ0v) is 11.9. The highest BCUT2D eigenvalue weighted by Gasteiger charge is 2.09. The summed E-state index contributed by atoms with van der Waals surface area (Å²) >= 11 is 0. The van der Waals surface area contributed by atoms with Crippen LogP contribution in [-0.4, -0.2) is 20.3 Å². The first-order chi connectivity index (χ1) is 10.5. The molecule has 2 amide bonds. The van der Waals surface area contributed by atoms with Crippen molar-refractivity contribution in [2.45, 2.75) is 0 Å². The maximum Gasteiger partial charge on any atom is 0.323 e. The van der Waals surface area contributed by atoms with E-state index in [1.165, 1.54) is 20.3 Å². The molecule has 2 aromatic rings. The molecule has 0 spiro atoms. The first-order valence-electron chi connectivity index (χ1n) is 6.28. The molecule has 2 rings (SSSR count). The Kier molecular flexibility index (Phi) is 4.77. The summed E-state index contributed by atoms with van der Waals surface area (Å²) in [5.74, 6) is -1.04. The van der Waals surface area contributed by atoms with Gasteiger partial charge in [0.2, 0.25) is 0 Å². The molecule has 7 heteroatoms. The molecule has 22 heavy (non-hydrogen) atoms. The van der Waals surface area contributed by atoms with Crippen LogP contribution in [0.4, 0.5) is 25.0 Å². The van der Waals surface area contributed by atoms with E-state index in [1.807, 2.05) is 0 Å². The predicted octanol–water partition coefficient (Wildman–Crippen LogP) is 3.63. The zero-order valence-electron chi connectivity index (χ0n) is 11.9. The predicted molar refractivity (Wildman–Crippen MR) is 78.5 cm³/mol. The van der Waals surface area contributed by atoms with Crippen LogP contribution in [0, 0.1) is 11.6 Å². The van der Waals surface area contributed by atoms with Crippen molar-refractivity contribution in [1.82, 2.24) is 0 Å². The average Bonchev–Trinajstić information content (AvgIpc) is 2.50. The van der Waals surface area contributed by atoms with Crippen molar-refractivity contribution in [2.24, 2.45) is 0 Å². The molecule has 0 unspecified atom stereocenters. The van der Waals surface area contributed by atoms with E-state index in [-0.39, 0.29) is 5.69 Å². The molecule has 5 nitrogen and oxygen atoms in total. The van der Waals surface area contributed by atoms with Gasteiger partial charge in [0.05, 0.1) is 14.2 Å². The van der Waals surface area contributed by atoms with Crippen molar-refractivity contribution in [3.8, 4) is 11.5 Å². The van der Waals surface area contributed by atoms with Gasteiger partial charge in [0.1, 0.15) is 0 Å². The number of nitrogens with one attached hydrogen (secondary N) is 2. The Morgan fingerprint density at radius 2 is 1.45 bits per heavy atom. The highest BCUT2D eigenvalue weighted by molar-refractivity contribution is 5.99. The number of urea groups is 1. The molecule has 0 heterocycles. The number of ether oxygens (including phenoxy) is 2. The maximum atomic E-state index is 13.1. The van der Waals surface area contributed by atoms with E-state index in [9.17, 15) is 13.6 Å². The minimum atomic E-state index is -1.04. The third-order valence-electron chi connectivity index (χ3n) is 2.82. The van der Waals surface area contributed by atoms with E-state index in [2.05, 4.69) is 10.6 Å². The van der Waals surface area contributed by atoms with E-state index in [0.717, 1.165) is 12.1 Å². The third-order valence-corrected chi connectivity index (χ3v) is 2.82. The van der Waals surface area contributed by atoms with Crippen LogP contribution in [0.15, 0.2) is 36.4 Å². The minimum absolute atomic E-state index is 0.136. The fourth-order valence-electron chi connectivity index (χ4n) is 1.78. The summed E-state index contributed by atoms with van der Waals surface area (Å²) in [6, 6.07) is 7.30. The molecule has 0 radical (unpaired) electrons. The van der Waals surface area contributed by atoms with Crippen LogP contribution in [0.1, 0.15) is 0 Å². The van der Waals surface area contributed by atoms with Crippen molar-refractivity contribution in [1.29, 1.82) is 0 Å². The van der Waals surface area contributed by atoms with Gasteiger partial charge in [-0.2, -0.15) is 0 Å². The highest BCUT2D eigenvalue weighted by Crippen LogP contribution is 2.29. The number of methoxy groups -OCH3 is 2. The quantitative estimate of drug-likeness (QED) is 0.907. The van der Waals surface area contributed by atoms with Crippen molar-refractivity contribution in [3.63, 3.8) is 0 Å². The van der Waals surface area contributed by atoms with Crippen LogP contribution in [0.25, 0.3) is 0 Å². The number of benzene rings is 2. The van der Waals surface area contributed by atoms with Crippen molar-refractivity contribution in [3.05, 3.63) is 48.0 Å². The Labute approximate surface area is 125 Å². The summed E-state index contributed by atoms with van der Waals surface area (Å²) in [4.78, 5) is 11.8. The van der Waals surface area contributed by atoms with E-state index in [1.54, 1.807) is 18.2 Å². The topological polar surface area (TPSA) is 59.6 Å². The minimum Gasteiger partial charge on any atom is -0.493 e. The van der Waals surface area contributed by atoms with E-state index >= 15 is 0 Å². The second kappa shape index (κ2) is 6.75. The van der Waals surface area contributed by atoms with Crippen LogP contribution in [0.2, 0.25) is 0 Å². The molecule has 0 fully saturated rings. The number of hydrogen-bond donors (Lipinski definition) is 2. The summed E-state index contributed by atoms with van der Waals surface area (Å²) in [5.41, 5.74) is 0.592. The van der Waals surface area contributed by atoms with Crippen molar-refractivity contribution < 1.29 is 23.0 Å². The van der Waals surface area contributed by atoms with Crippen molar-refractivity contribution in [2.75, 3.05) is 24.9 Å². The molecular formula is C15H14F2N2O3. The molecule has 0 atom stereocenters. The molecule has 0 saturated heterocycles. The van der Waals surface area contributed by atoms with Gasteiger partial charge >= 0.3 is 6.03 Å². The lowest BCUT2D eigenvalue weighted by atomic mass is 10.2. The first-order valence-corrected chi connectivity index (χ1v) is 6.28. The van der Waals surface area contributed by atoms with Gasteiger partial charge in [-0.05, 0) is 24.3 Å². The second-order valence-electron chi connectivity index (χ2n) is 4.28. The standard InChI is InChI=1S/C15H14F2N2O3/c1-21-13-6-4-10(8-14(13)22-2)19-15(20)18-9-3-5-11(16)12(17)7-9/h3-8H,1-2H3,(H2,18,19,20). The third kappa shape index (κ3) is 3.63. The van der Waals surface area contributed by atoms with Crippen LogP contribution in [0.5, 0.6) is 11.5 Å². The van der Waals surface area contributed by atoms with Gasteiger partial charge < -0.3 is 20.1 Å². The summed E-state index contributed by atoms with van der Waals surface area (Å²) in [5, 5.41) is 4.94. The fraction of sp³-hybridized carbons (Fsp3) is 0.133. The molecule has 0 saturated carbocycles. The molecule has 0 aliphatic carbocycles. The molecule has 0 bridgehead atoms. The van der Waals surface area contributed by atoms with E-state index in [0.29, 0.717) is 17.2 Å². The van der Waals surface area contributed by atoms with Gasteiger partial charge in [0, 0.05) is 23.5 Å². The smallest absolute Gasteiger partial charge is 0.323 e. The van der Waals surface area contributed by atoms with Gasteiger partial charge in [0.25, 0.3) is 0 Å². The number of carbonyl (C=O) groups excluding carboxylic acids is 1. The van der Waals surface area contributed by atoms with Gasteiger partial charge in [-0.25, -0.2) is 13.6 Å². The number of hydrogen-bond acceptors (Lipinski definition) is 3. The van der Waals surface area contributed by atoms with Crippen LogP contribution >= 0.6 is 0 Å². The lowest BCUT2D eigenvalue weighted by Crippen LogP contribution is -2.19. The van der Waals surface area contributed by atoms with E-state index in [4.69, 9.17) is 9.47 Å². The Hall–Kier alpha value is -2.83. The summed E-state index contributed by atoms with van der Waals surface area (Å²) < 4.78 is 36.1. The van der Waals surface area contributed by atoms with Gasteiger partial charge in [-0.1, -0.05) is 0 Å². The second-order valence-corrected chi connectivity index (χ2v) is 4.28. The molecule has 0 aromatic heterocycles. The number of anilines is 2. The normalized spacial score (nSPS) is 10.0. The van der Waals surface area contributed by atoms with Crippen LogP contribution < -0.4 is 20.1 Å². The Morgan fingerprint density at radius 3 is 2.05 bits per heavy atom. The molecule has 0 aliphatic heterocycles. The average molecular weight is 308 g/mol. The Bertz CT molecular complexity index is 692. The molecule has 0 aliphatic rings. The van der Waals surface area contributed by atoms with E-state index < -0.39 is 17.7 Å². The molecule has 2 aromatic carbocycles. The van der Waals surface area contributed by atoms with Gasteiger partial charge in [0.15, 0.2) is 23.1 Å². The largest absolute Gasteiger partial charge is 0.493 e. The van der Waals surface area contributed by atoms with Crippen LogP contribution in [0.3, 0.4) is 0 Å². The Balaban J connectivity index is 2.07. The van der Waals surface area contributed by atoms with Crippen molar-refractivity contribution >= 4 is 17.4 Å². The summed E-state index contributed by atoms with van der Waals surface area (Å²) in [6.45, 7) is 0. The van der Waals surface area contributed by atoms with Crippen LogP contribution in [-0.2, 0) is 0 Å². The maximum absolute atomic E-state index is 13.1. The lowest BCUT2D eigenvalue weighted by Gasteiger charge is -2.11. The number of carbonyl (C=O) groups is 1. The molecule has 116 valence electrons. The highest BCUT2D eigenvalue weighted by atomic mass is 19.2. The fourth-order valence-corrected chi connectivity index (χ4v) is 1.78. The zero-order chi connectivity index (χ0) is 16.1. The SMILES string of the molecule is COc1ccc(NC(=O)Nc2ccc(F)c(F)c2)cc1OC. The summed E-state index contributed by atoms with van der Waals surface area (Å²) in [7, 11) is 2.98. The monoisotopic (exact) mass is 308 g/mol. The van der Waals surface area contributed by atoms with Gasteiger partial charge in [-0.3, -0.25) is 0 Å². The van der Waals surface area contributed by atoms with Gasteiger partial charge in [-0.15, -0.1) is 0 Å². The number of amides is 2. The molecule has 2 N–H and O–H groups in total. The number of halogens is 2. The Morgan fingerprint density at radius 1 is 0.864 bits per heavy atom. The first kappa shape index (κ1) is 15.6.